The fraction of sp³-hybridized carbons (Fsp3) is 0.636. The number of carbonyl (C=O) groups is 1. The Balaban J connectivity index is 3.14. The minimum absolute atomic E-state index is 0.240. The average molecular weight is 226 g/mol. The maximum Gasteiger partial charge on any atom is 0.345 e. The van der Waals surface area contributed by atoms with Crippen molar-refractivity contribution in [2.24, 2.45) is 0 Å². The van der Waals surface area contributed by atoms with Crippen molar-refractivity contribution in [2.45, 2.75) is 33.2 Å². The molecular weight excluding hydrogens is 208 g/mol. The highest BCUT2D eigenvalue weighted by atomic mass is 16.5. The fourth-order valence-corrected chi connectivity index (χ4v) is 1.36. The van der Waals surface area contributed by atoms with Gasteiger partial charge in [-0.25, -0.2) is 9.48 Å². The summed E-state index contributed by atoms with van der Waals surface area (Å²) in [5.74, 6) is 0.0285. The summed E-state index contributed by atoms with van der Waals surface area (Å²) in [5.41, 5.74) is 0.120. The molecule has 0 saturated carbocycles. The third kappa shape index (κ3) is 2.35. The van der Waals surface area contributed by atoms with Crippen LogP contribution in [0.1, 0.15) is 38.1 Å². The number of rotatable bonds is 3. The third-order valence-corrected chi connectivity index (χ3v) is 2.05. The molecule has 90 valence electrons. The quantitative estimate of drug-likeness (QED) is 0.738. The molecule has 0 saturated heterocycles. The van der Waals surface area contributed by atoms with Crippen LogP contribution >= 0.6 is 0 Å². The van der Waals surface area contributed by atoms with Gasteiger partial charge in [-0.15, -0.1) is 0 Å². The average Bonchev–Trinajstić information content (AvgIpc) is 2.60. The Kier molecular flexibility index (Phi) is 3.57. The molecule has 5 nitrogen and oxygen atoms in total. The molecule has 1 aromatic heterocycles. The van der Waals surface area contributed by atoms with Crippen molar-refractivity contribution in [1.29, 1.82) is 0 Å². The van der Waals surface area contributed by atoms with Gasteiger partial charge in [0, 0.05) is 0 Å². The normalized spacial score (nSPS) is 11.3. The first-order valence-corrected chi connectivity index (χ1v) is 5.21. The first kappa shape index (κ1) is 12.5. The molecule has 0 atom stereocenters. The van der Waals surface area contributed by atoms with Crippen LogP contribution in [0.3, 0.4) is 0 Å². The molecule has 0 aliphatic carbocycles. The number of methoxy groups -OCH3 is 1. The summed E-state index contributed by atoms with van der Waals surface area (Å²) in [6.45, 7) is 8.05. The molecule has 0 radical (unpaired) electrons. The van der Waals surface area contributed by atoms with Gasteiger partial charge in [0.25, 0.3) is 0 Å². The molecule has 0 bridgehead atoms. The van der Waals surface area contributed by atoms with Crippen molar-refractivity contribution in [2.75, 3.05) is 13.7 Å². The lowest BCUT2D eigenvalue weighted by Crippen LogP contribution is -2.24. The van der Waals surface area contributed by atoms with E-state index in [4.69, 9.17) is 9.47 Å². The van der Waals surface area contributed by atoms with Crippen molar-refractivity contribution in [3.63, 3.8) is 0 Å². The van der Waals surface area contributed by atoms with Gasteiger partial charge in [0.1, 0.15) is 5.56 Å². The molecule has 0 aliphatic heterocycles. The second-order valence-electron chi connectivity index (χ2n) is 4.37. The van der Waals surface area contributed by atoms with Crippen LogP contribution in [0.4, 0.5) is 0 Å². The van der Waals surface area contributed by atoms with Crippen molar-refractivity contribution in [1.82, 2.24) is 9.78 Å². The summed E-state index contributed by atoms with van der Waals surface area (Å²) in [6, 6.07) is 0. The summed E-state index contributed by atoms with van der Waals surface area (Å²) >= 11 is 0. The zero-order valence-corrected chi connectivity index (χ0v) is 10.4. The molecule has 1 rings (SSSR count). The van der Waals surface area contributed by atoms with Crippen molar-refractivity contribution in [3.8, 4) is 5.88 Å². The largest absolute Gasteiger partial charge is 0.481 e. The predicted molar refractivity (Wildman–Crippen MR) is 59.7 cm³/mol. The molecule has 0 aromatic carbocycles. The van der Waals surface area contributed by atoms with Gasteiger partial charge < -0.3 is 9.47 Å². The van der Waals surface area contributed by atoms with Crippen LogP contribution in [0.15, 0.2) is 6.20 Å². The van der Waals surface area contributed by atoms with E-state index >= 15 is 0 Å². The number of ether oxygens (including phenoxy) is 2. The number of nitrogens with zero attached hydrogens (tertiary/aromatic N) is 2. The van der Waals surface area contributed by atoms with Gasteiger partial charge in [0.2, 0.25) is 5.88 Å². The lowest BCUT2D eigenvalue weighted by Gasteiger charge is -2.21. The predicted octanol–water partition coefficient (Wildman–Crippen LogP) is 1.82. The van der Waals surface area contributed by atoms with E-state index in [9.17, 15) is 4.79 Å². The van der Waals surface area contributed by atoms with Crippen molar-refractivity contribution >= 4 is 5.97 Å². The van der Waals surface area contributed by atoms with Crippen molar-refractivity contribution in [3.05, 3.63) is 11.8 Å². The molecule has 0 amide bonds. The summed E-state index contributed by atoms with van der Waals surface area (Å²) in [5, 5.41) is 4.15. The molecule has 0 fully saturated rings. The maximum absolute atomic E-state index is 11.6. The van der Waals surface area contributed by atoms with E-state index in [2.05, 4.69) is 5.10 Å². The summed E-state index contributed by atoms with van der Waals surface area (Å²) < 4.78 is 11.8. The number of aromatic nitrogens is 2. The van der Waals surface area contributed by atoms with Gasteiger partial charge in [-0.1, -0.05) is 0 Å². The third-order valence-electron chi connectivity index (χ3n) is 2.05. The Labute approximate surface area is 95.3 Å². The summed E-state index contributed by atoms with van der Waals surface area (Å²) in [6.07, 6.45) is 1.47. The Morgan fingerprint density at radius 3 is 2.56 bits per heavy atom. The lowest BCUT2D eigenvalue weighted by atomic mass is 10.1. The SMILES string of the molecule is CCOC(=O)c1cnn(C(C)(C)C)c1OC. The van der Waals surface area contributed by atoms with Gasteiger partial charge in [0.05, 0.1) is 25.5 Å². The van der Waals surface area contributed by atoms with Gasteiger partial charge in [-0.2, -0.15) is 5.10 Å². The van der Waals surface area contributed by atoms with Crippen molar-refractivity contribution < 1.29 is 14.3 Å². The topological polar surface area (TPSA) is 53.3 Å². The summed E-state index contributed by atoms with van der Waals surface area (Å²) in [7, 11) is 1.52. The smallest absolute Gasteiger partial charge is 0.345 e. The second kappa shape index (κ2) is 4.55. The molecule has 1 heterocycles. The van der Waals surface area contributed by atoms with Crippen LogP contribution in [0.2, 0.25) is 0 Å². The Morgan fingerprint density at radius 2 is 2.12 bits per heavy atom. The highest BCUT2D eigenvalue weighted by molar-refractivity contribution is 5.91. The molecule has 16 heavy (non-hydrogen) atoms. The number of hydrogen-bond acceptors (Lipinski definition) is 4. The molecule has 0 N–H and O–H groups in total. The van der Waals surface area contributed by atoms with Crippen LogP contribution in [0, 0.1) is 0 Å². The van der Waals surface area contributed by atoms with Gasteiger partial charge in [-0.05, 0) is 27.7 Å². The zero-order chi connectivity index (χ0) is 12.3. The van der Waals surface area contributed by atoms with E-state index in [1.165, 1.54) is 13.3 Å². The van der Waals surface area contributed by atoms with Crippen LogP contribution in [-0.2, 0) is 10.3 Å². The zero-order valence-electron chi connectivity index (χ0n) is 10.4. The van der Waals surface area contributed by atoms with Crippen LogP contribution in [0.25, 0.3) is 0 Å². The van der Waals surface area contributed by atoms with E-state index in [1.54, 1.807) is 11.6 Å². The number of carbonyl (C=O) groups excluding carboxylic acids is 1. The molecule has 5 heteroatoms. The molecular formula is C11H18N2O3. The molecule has 0 aliphatic rings. The van der Waals surface area contributed by atoms with E-state index < -0.39 is 5.97 Å². The highest BCUT2D eigenvalue weighted by Crippen LogP contribution is 2.25. The minimum Gasteiger partial charge on any atom is -0.481 e. The first-order chi connectivity index (χ1) is 7.41. The van der Waals surface area contributed by atoms with E-state index in [0.29, 0.717) is 18.1 Å². The standard InChI is InChI=1S/C11H18N2O3/c1-6-16-10(14)8-7-12-13(9(8)15-5)11(2,3)4/h7H,6H2,1-5H3. The van der Waals surface area contributed by atoms with Crippen LogP contribution < -0.4 is 4.74 Å². The molecule has 0 spiro atoms. The number of hydrogen-bond donors (Lipinski definition) is 0. The van der Waals surface area contributed by atoms with Gasteiger partial charge >= 0.3 is 5.97 Å². The maximum atomic E-state index is 11.6. The summed E-state index contributed by atoms with van der Waals surface area (Å²) in [4.78, 5) is 11.6. The van der Waals surface area contributed by atoms with Crippen LogP contribution in [0.5, 0.6) is 5.88 Å². The molecule has 0 unspecified atom stereocenters. The highest BCUT2D eigenvalue weighted by Gasteiger charge is 2.25. The fourth-order valence-electron chi connectivity index (χ4n) is 1.36. The van der Waals surface area contributed by atoms with Crippen LogP contribution in [-0.4, -0.2) is 29.5 Å². The lowest BCUT2D eigenvalue weighted by molar-refractivity contribution is 0.0522. The Hall–Kier alpha value is -1.52. The van der Waals surface area contributed by atoms with Gasteiger partial charge in [0.15, 0.2) is 0 Å². The van der Waals surface area contributed by atoms with Gasteiger partial charge in [-0.3, -0.25) is 0 Å². The molecule has 1 aromatic rings. The van der Waals surface area contributed by atoms with E-state index in [1.807, 2.05) is 20.8 Å². The van der Waals surface area contributed by atoms with E-state index in [-0.39, 0.29) is 5.54 Å². The second-order valence-corrected chi connectivity index (χ2v) is 4.37. The first-order valence-electron chi connectivity index (χ1n) is 5.21. The van der Waals surface area contributed by atoms with E-state index in [0.717, 1.165) is 0 Å². The monoisotopic (exact) mass is 226 g/mol. The Morgan fingerprint density at radius 1 is 1.50 bits per heavy atom. The number of esters is 1. The Bertz CT molecular complexity index is 377. The minimum atomic E-state index is -0.408.